The van der Waals surface area contributed by atoms with Gasteiger partial charge in [-0.2, -0.15) is 0 Å². The summed E-state index contributed by atoms with van der Waals surface area (Å²) in [6.45, 7) is 4.24. The number of benzene rings is 2. The molecule has 2 unspecified atom stereocenters. The van der Waals surface area contributed by atoms with Crippen molar-refractivity contribution >= 4 is 28.3 Å². The standard InChI is InChI=1S/C29H29N3O2S/c1-18-7-4-9-21(18)26(33)17-20-8-5-10-23-22(20)13-12-19(2)27(23)34-28-24(11-6-15-30-28)25-14-16-31-29(32-25)35-3/h5-6,8,10-16,18,21H,4,7,9,17H2,1-3H3. The molecule has 1 fully saturated rings. The van der Waals surface area contributed by atoms with Crippen LogP contribution in [-0.2, 0) is 11.2 Å². The molecule has 0 aliphatic heterocycles. The topological polar surface area (TPSA) is 65.0 Å². The van der Waals surface area contributed by atoms with Crippen molar-refractivity contribution in [1.29, 1.82) is 0 Å². The Morgan fingerprint density at radius 2 is 1.91 bits per heavy atom. The van der Waals surface area contributed by atoms with Gasteiger partial charge < -0.3 is 4.74 Å². The average Bonchev–Trinajstić information content (AvgIpc) is 3.32. The number of ketones is 1. The van der Waals surface area contributed by atoms with Crippen molar-refractivity contribution in [2.45, 2.75) is 44.7 Å². The van der Waals surface area contributed by atoms with Crippen molar-refractivity contribution in [3.05, 3.63) is 72.1 Å². The van der Waals surface area contributed by atoms with Crippen LogP contribution in [0.3, 0.4) is 0 Å². The molecule has 0 saturated heterocycles. The fourth-order valence-corrected chi connectivity index (χ4v) is 5.45. The zero-order chi connectivity index (χ0) is 24.4. The van der Waals surface area contributed by atoms with E-state index in [-0.39, 0.29) is 5.92 Å². The first-order valence-electron chi connectivity index (χ1n) is 12.1. The summed E-state index contributed by atoms with van der Waals surface area (Å²) in [6.07, 6.45) is 9.21. The van der Waals surface area contributed by atoms with Gasteiger partial charge in [0, 0.05) is 30.1 Å². The van der Waals surface area contributed by atoms with Crippen LogP contribution >= 0.6 is 11.8 Å². The molecule has 0 amide bonds. The van der Waals surface area contributed by atoms with Gasteiger partial charge in [-0.25, -0.2) is 15.0 Å². The van der Waals surface area contributed by atoms with E-state index < -0.39 is 0 Å². The molecule has 2 heterocycles. The maximum Gasteiger partial charge on any atom is 0.228 e. The number of nitrogens with zero attached hydrogens (tertiary/aromatic N) is 3. The Morgan fingerprint density at radius 1 is 1.03 bits per heavy atom. The second kappa shape index (κ2) is 10.2. The molecule has 35 heavy (non-hydrogen) atoms. The summed E-state index contributed by atoms with van der Waals surface area (Å²) >= 11 is 1.50. The summed E-state index contributed by atoms with van der Waals surface area (Å²) < 4.78 is 6.50. The monoisotopic (exact) mass is 483 g/mol. The average molecular weight is 484 g/mol. The van der Waals surface area contributed by atoms with Crippen LogP contribution < -0.4 is 4.74 Å². The Labute approximate surface area is 210 Å². The summed E-state index contributed by atoms with van der Waals surface area (Å²) in [4.78, 5) is 26.6. The van der Waals surface area contributed by atoms with Crippen LogP contribution in [0.5, 0.6) is 11.6 Å². The summed E-state index contributed by atoms with van der Waals surface area (Å²) in [6, 6.07) is 16.0. The molecule has 1 aliphatic rings. The summed E-state index contributed by atoms with van der Waals surface area (Å²) in [7, 11) is 0. The number of ether oxygens (including phenoxy) is 1. The van der Waals surface area contributed by atoms with Crippen LogP contribution in [0.2, 0.25) is 0 Å². The summed E-state index contributed by atoms with van der Waals surface area (Å²) in [5.74, 6) is 2.27. The van der Waals surface area contributed by atoms with Gasteiger partial charge in [-0.1, -0.05) is 55.4 Å². The molecular weight excluding hydrogens is 454 g/mol. The van der Waals surface area contributed by atoms with Crippen LogP contribution in [0.1, 0.15) is 37.3 Å². The highest BCUT2D eigenvalue weighted by atomic mass is 32.2. The molecule has 0 radical (unpaired) electrons. The molecule has 2 aromatic carbocycles. The Morgan fingerprint density at radius 3 is 2.71 bits per heavy atom. The number of carbonyl (C=O) groups excluding carboxylic acids is 1. The lowest BCUT2D eigenvalue weighted by molar-refractivity contribution is -0.123. The van der Waals surface area contributed by atoms with Gasteiger partial charge in [-0.15, -0.1) is 0 Å². The highest BCUT2D eigenvalue weighted by molar-refractivity contribution is 7.98. The lowest BCUT2D eigenvalue weighted by Crippen LogP contribution is -2.19. The van der Waals surface area contributed by atoms with E-state index in [1.807, 2.05) is 37.4 Å². The molecule has 2 atom stereocenters. The Hall–Kier alpha value is -3.25. The number of fused-ring (bicyclic) bond motifs is 1. The minimum atomic E-state index is 0.182. The fourth-order valence-electron chi connectivity index (χ4n) is 5.09. The number of hydrogen-bond donors (Lipinski definition) is 0. The van der Waals surface area contributed by atoms with Gasteiger partial charge in [0.05, 0.1) is 11.3 Å². The molecule has 1 saturated carbocycles. The maximum atomic E-state index is 13.1. The van der Waals surface area contributed by atoms with E-state index in [1.54, 1.807) is 12.4 Å². The molecule has 4 aromatic rings. The number of carbonyl (C=O) groups is 1. The van der Waals surface area contributed by atoms with E-state index in [4.69, 9.17) is 4.74 Å². The van der Waals surface area contributed by atoms with Gasteiger partial charge in [-0.3, -0.25) is 4.79 Å². The van der Waals surface area contributed by atoms with Crippen molar-refractivity contribution in [1.82, 2.24) is 15.0 Å². The molecule has 5 nitrogen and oxygen atoms in total. The van der Waals surface area contributed by atoms with E-state index in [9.17, 15) is 4.79 Å². The third-order valence-electron chi connectivity index (χ3n) is 7.00. The van der Waals surface area contributed by atoms with E-state index in [0.29, 0.717) is 29.2 Å². The minimum Gasteiger partial charge on any atom is -0.437 e. The van der Waals surface area contributed by atoms with Gasteiger partial charge in [0.25, 0.3) is 0 Å². The zero-order valence-electron chi connectivity index (χ0n) is 20.3. The summed E-state index contributed by atoms with van der Waals surface area (Å²) in [5, 5.41) is 2.74. The number of aromatic nitrogens is 3. The highest BCUT2D eigenvalue weighted by Crippen LogP contribution is 2.38. The minimum absolute atomic E-state index is 0.182. The lowest BCUT2D eigenvalue weighted by atomic mass is 9.88. The van der Waals surface area contributed by atoms with Crippen LogP contribution in [0, 0.1) is 18.8 Å². The van der Waals surface area contributed by atoms with E-state index >= 15 is 0 Å². The molecule has 2 aromatic heterocycles. The van der Waals surface area contributed by atoms with Gasteiger partial charge in [-0.05, 0) is 66.7 Å². The lowest BCUT2D eigenvalue weighted by Gasteiger charge is -2.17. The predicted molar refractivity (Wildman–Crippen MR) is 141 cm³/mol. The molecule has 0 bridgehead atoms. The first-order chi connectivity index (χ1) is 17.0. The molecular formula is C29H29N3O2S. The number of aryl methyl sites for hydroxylation is 1. The summed E-state index contributed by atoms with van der Waals surface area (Å²) in [5.41, 5.74) is 3.64. The van der Waals surface area contributed by atoms with Crippen molar-refractivity contribution in [2.24, 2.45) is 11.8 Å². The van der Waals surface area contributed by atoms with E-state index in [1.165, 1.54) is 11.8 Å². The van der Waals surface area contributed by atoms with Crippen LogP contribution in [0.4, 0.5) is 0 Å². The largest absolute Gasteiger partial charge is 0.437 e. The smallest absolute Gasteiger partial charge is 0.228 e. The molecule has 5 rings (SSSR count). The SMILES string of the molecule is CSc1nccc(-c2cccnc2Oc2c(C)ccc3c(CC(=O)C4CCCC4C)cccc23)n1. The maximum absolute atomic E-state index is 13.1. The Kier molecular flexibility index (Phi) is 6.82. The fraction of sp³-hybridized carbons (Fsp3) is 0.310. The Bertz CT molecular complexity index is 1390. The van der Waals surface area contributed by atoms with Gasteiger partial charge in [0.1, 0.15) is 11.5 Å². The third-order valence-corrected chi connectivity index (χ3v) is 7.56. The highest BCUT2D eigenvalue weighted by Gasteiger charge is 2.29. The van der Waals surface area contributed by atoms with Crippen molar-refractivity contribution in [2.75, 3.05) is 6.26 Å². The number of pyridine rings is 1. The molecule has 6 heteroatoms. The van der Waals surface area contributed by atoms with E-state index in [2.05, 4.69) is 46.1 Å². The predicted octanol–water partition coefficient (Wildman–Crippen LogP) is 7.06. The first-order valence-corrected chi connectivity index (χ1v) is 13.3. The Balaban J connectivity index is 1.52. The van der Waals surface area contributed by atoms with E-state index in [0.717, 1.165) is 58.2 Å². The number of thioether (sulfide) groups is 1. The third kappa shape index (κ3) is 4.80. The van der Waals surface area contributed by atoms with Crippen molar-refractivity contribution in [3.8, 4) is 22.9 Å². The van der Waals surface area contributed by atoms with Crippen LogP contribution in [0.15, 0.2) is 66.1 Å². The molecule has 1 aliphatic carbocycles. The van der Waals surface area contributed by atoms with Gasteiger partial charge in [0.15, 0.2) is 5.16 Å². The molecule has 0 spiro atoms. The number of hydrogen-bond acceptors (Lipinski definition) is 6. The van der Waals surface area contributed by atoms with Crippen molar-refractivity contribution < 1.29 is 9.53 Å². The quantitative estimate of drug-likeness (QED) is 0.207. The second-order valence-electron chi connectivity index (χ2n) is 9.27. The van der Waals surface area contributed by atoms with Gasteiger partial charge >= 0.3 is 0 Å². The zero-order valence-corrected chi connectivity index (χ0v) is 21.1. The van der Waals surface area contributed by atoms with Crippen molar-refractivity contribution in [3.63, 3.8) is 0 Å². The van der Waals surface area contributed by atoms with Gasteiger partial charge in [0.2, 0.25) is 5.88 Å². The van der Waals surface area contributed by atoms with Crippen LogP contribution in [0.25, 0.3) is 22.0 Å². The normalized spacial score (nSPS) is 17.6. The molecule has 0 N–H and O–H groups in total. The first kappa shape index (κ1) is 23.5. The molecule has 178 valence electrons. The second-order valence-corrected chi connectivity index (χ2v) is 10.0. The number of Topliss-reactive ketones (excluding diaryl/α,β-unsaturated/α-hetero) is 1. The van der Waals surface area contributed by atoms with Crippen LogP contribution in [-0.4, -0.2) is 27.0 Å². The number of rotatable bonds is 7.